The summed E-state index contributed by atoms with van der Waals surface area (Å²) in [5.74, 6) is -6.70. The molecule has 0 aliphatic carbocycles. The number of benzene rings is 2. The van der Waals surface area contributed by atoms with Crippen molar-refractivity contribution in [3.05, 3.63) is 72.6 Å². The molecule has 0 radical (unpaired) electrons. The molecule has 0 aliphatic rings. The average Bonchev–Trinajstić information content (AvgIpc) is 2.74. The second-order valence-corrected chi connectivity index (χ2v) is 10.8. The Morgan fingerprint density at radius 2 is 1.57 bits per heavy atom. The summed E-state index contributed by atoms with van der Waals surface area (Å²) in [6.45, 7) is 2.42. The summed E-state index contributed by atoms with van der Waals surface area (Å²) in [6.07, 6.45) is -2.54. The van der Waals surface area contributed by atoms with E-state index in [1.54, 1.807) is 0 Å². The molecule has 2 rings (SSSR count). The molecule has 13 heteroatoms. The number of amides is 2. The molecule has 202 valence electrons. The van der Waals surface area contributed by atoms with E-state index in [0.717, 1.165) is 18.2 Å². The summed E-state index contributed by atoms with van der Waals surface area (Å²) >= 11 is 20.8. The van der Waals surface area contributed by atoms with Crippen LogP contribution in [0, 0.1) is 0 Å². The smallest absolute Gasteiger partial charge is 0.348 e. The molecule has 0 heterocycles. The first-order valence-electron chi connectivity index (χ1n) is 10.5. The van der Waals surface area contributed by atoms with E-state index in [1.165, 1.54) is 38.1 Å². The molecule has 0 aromatic heterocycles. The molecule has 2 amide bonds. The molecule has 0 spiro atoms. The standard InChI is InChI=1S/C24H21BrCl3F5N2O2/c1-22(2,21(37)34-11-23(3,29)30)35-20(36)14-6-4-12(8-16(14)25)5-7-15(24(31,32)33)13-9-17(26)19(28)18(27)10-13/h4-10,15H,11H2,1-3H3,(H,34,37)(H,35,36). The molecule has 4 nitrogen and oxygen atoms in total. The fourth-order valence-electron chi connectivity index (χ4n) is 3.05. The molecule has 2 aromatic carbocycles. The van der Waals surface area contributed by atoms with Crippen LogP contribution >= 0.6 is 50.7 Å². The summed E-state index contributed by atoms with van der Waals surface area (Å²) in [7, 11) is 0. The van der Waals surface area contributed by atoms with E-state index in [4.69, 9.17) is 34.8 Å². The van der Waals surface area contributed by atoms with Gasteiger partial charge in [-0.15, -0.1) is 0 Å². The lowest BCUT2D eigenvalue weighted by Gasteiger charge is -2.26. The van der Waals surface area contributed by atoms with E-state index < -0.39 is 41.9 Å². The van der Waals surface area contributed by atoms with Crippen molar-refractivity contribution in [2.75, 3.05) is 6.54 Å². The van der Waals surface area contributed by atoms with Gasteiger partial charge in [-0.3, -0.25) is 9.59 Å². The Morgan fingerprint density at radius 3 is 2.05 bits per heavy atom. The van der Waals surface area contributed by atoms with E-state index in [9.17, 15) is 31.5 Å². The summed E-state index contributed by atoms with van der Waals surface area (Å²) in [5, 5.41) is 4.22. The molecule has 0 saturated carbocycles. The Bertz CT molecular complexity index is 1190. The van der Waals surface area contributed by atoms with Crippen LogP contribution in [0.3, 0.4) is 0 Å². The van der Waals surface area contributed by atoms with Crippen LogP contribution in [0.4, 0.5) is 22.0 Å². The number of carbonyl (C=O) groups is 2. The van der Waals surface area contributed by atoms with Crippen LogP contribution in [-0.2, 0) is 4.79 Å². The van der Waals surface area contributed by atoms with Gasteiger partial charge in [0.05, 0.1) is 33.1 Å². The van der Waals surface area contributed by atoms with E-state index in [0.29, 0.717) is 12.5 Å². The van der Waals surface area contributed by atoms with Crippen molar-refractivity contribution in [1.82, 2.24) is 10.6 Å². The van der Waals surface area contributed by atoms with Crippen molar-refractivity contribution in [1.29, 1.82) is 0 Å². The van der Waals surface area contributed by atoms with Gasteiger partial charge >= 0.3 is 6.18 Å². The fourth-order valence-corrected chi connectivity index (χ4v) is 4.24. The maximum atomic E-state index is 13.8. The van der Waals surface area contributed by atoms with Gasteiger partial charge in [0.2, 0.25) is 5.91 Å². The topological polar surface area (TPSA) is 58.2 Å². The van der Waals surface area contributed by atoms with Gasteiger partial charge in [-0.05, 0) is 65.2 Å². The van der Waals surface area contributed by atoms with Gasteiger partial charge in [0.25, 0.3) is 11.8 Å². The van der Waals surface area contributed by atoms with Crippen LogP contribution in [-0.4, -0.2) is 36.0 Å². The second-order valence-electron chi connectivity index (χ2n) is 8.75. The SMILES string of the molecule is CC(F)(F)CNC(=O)C(C)(C)NC(=O)c1ccc(C=CC(c2cc(Cl)c(Cl)c(Cl)c2)C(F)(F)F)cc1Br. The lowest BCUT2D eigenvalue weighted by atomic mass is 9.97. The highest BCUT2D eigenvalue weighted by Gasteiger charge is 2.39. The van der Waals surface area contributed by atoms with E-state index >= 15 is 0 Å². The van der Waals surface area contributed by atoms with E-state index in [1.807, 2.05) is 0 Å². The molecule has 37 heavy (non-hydrogen) atoms. The van der Waals surface area contributed by atoms with Crippen molar-refractivity contribution in [3.63, 3.8) is 0 Å². The highest BCUT2D eigenvalue weighted by atomic mass is 79.9. The van der Waals surface area contributed by atoms with Gasteiger partial charge in [-0.25, -0.2) is 8.78 Å². The third kappa shape index (κ3) is 8.84. The predicted molar refractivity (Wildman–Crippen MR) is 139 cm³/mol. The summed E-state index contributed by atoms with van der Waals surface area (Å²) < 4.78 is 67.5. The largest absolute Gasteiger partial charge is 0.399 e. The predicted octanol–water partition coefficient (Wildman–Crippen LogP) is 8.05. The Hall–Kier alpha value is -1.88. The van der Waals surface area contributed by atoms with Gasteiger partial charge in [-0.2, -0.15) is 13.2 Å². The van der Waals surface area contributed by atoms with Crippen molar-refractivity contribution in [2.24, 2.45) is 0 Å². The van der Waals surface area contributed by atoms with Gasteiger partial charge in [0, 0.05) is 11.4 Å². The second kappa shape index (κ2) is 11.9. The Morgan fingerprint density at radius 1 is 1.00 bits per heavy atom. The van der Waals surface area contributed by atoms with Crippen molar-refractivity contribution in [3.8, 4) is 0 Å². The highest BCUT2D eigenvalue weighted by molar-refractivity contribution is 9.10. The first-order chi connectivity index (χ1) is 16.8. The highest BCUT2D eigenvalue weighted by Crippen LogP contribution is 2.41. The monoisotopic (exact) mass is 648 g/mol. The van der Waals surface area contributed by atoms with E-state index in [-0.39, 0.29) is 30.7 Å². The van der Waals surface area contributed by atoms with Crippen LogP contribution in [0.1, 0.15) is 48.2 Å². The number of nitrogens with one attached hydrogen (secondary N) is 2. The maximum absolute atomic E-state index is 13.8. The molecular weight excluding hydrogens is 630 g/mol. The first-order valence-corrected chi connectivity index (χ1v) is 12.4. The zero-order chi connectivity index (χ0) is 28.3. The van der Waals surface area contributed by atoms with Crippen LogP contribution in [0.25, 0.3) is 6.08 Å². The first kappa shape index (κ1) is 31.3. The minimum Gasteiger partial charge on any atom is -0.348 e. The van der Waals surface area contributed by atoms with Crippen LogP contribution in [0.5, 0.6) is 0 Å². The van der Waals surface area contributed by atoms with Crippen molar-refractivity contribution >= 4 is 68.6 Å². The molecule has 2 N–H and O–H groups in total. The van der Waals surface area contributed by atoms with Crippen LogP contribution in [0.2, 0.25) is 15.1 Å². The molecule has 0 fully saturated rings. The summed E-state index contributed by atoms with van der Waals surface area (Å²) in [4.78, 5) is 24.9. The average molecular weight is 651 g/mol. The van der Waals surface area contributed by atoms with Gasteiger partial charge in [0.15, 0.2) is 0 Å². The van der Waals surface area contributed by atoms with Crippen LogP contribution < -0.4 is 10.6 Å². The quantitative estimate of drug-likeness (QED) is 0.225. The molecule has 0 aliphatic heterocycles. The number of hydrogen-bond acceptors (Lipinski definition) is 2. The summed E-state index contributed by atoms with van der Waals surface area (Å²) in [6, 6.07) is 6.32. The Balaban J connectivity index is 2.24. The molecule has 1 atom stereocenters. The number of alkyl halides is 5. The van der Waals surface area contributed by atoms with Gasteiger partial charge in [-0.1, -0.05) is 53.0 Å². The Kier molecular flexibility index (Phi) is 10.1. The number of hydrogen-bond donors (Lipinski definition) is 2. The molecule has 0 saturated heterocycles. The van der Waals surface area contributed by atoms with Gasteiger partial charge < -0.3 is 10.6 Å². The zero-order valence-corrected chi connectivity index (χ0v) is 23.4. The maximum Gasteiger partial charge on any atom is 0.399 e. The minimum absolute atomic E-state index is 0.0567. The molecule has 0 bridgehead atoms. The molecule has 2 aromatic rings. The molecule has 1 unspecified atom stereocenters. The number of carbonyl (C=O) groups excluding carboxylic acids is 2. The minimum atomic E-state index is -4.66. The zero-order valence-electron chi connectivity index (χ0n) is 19.5. The normalized spacial score (nSPS) is 13.5. The van der Waals surface area contributed by atoms with Crippen molar-refractivity contribution < 1.29 is 31.5 Å². The summed E-state index contributed by atoms with van der Waals surface area (Å²) in [5.41, 5.74) is -1.34. The lowest BCUT2D eigenvalue weighted by Crippen LogP contribution is -2.56. The lowest BCUT2D eigenvalue weighted by molar-refractivity contribution is -0.139. The number of rotatable bonds is 8. The van der Waals surface area contributed by atoms with Gasteiger partial charge in [0.1, 0.15) is 5.54 Å². The Labute approximate surface area is 233 Å². The van der Waals surface area contributed by atoms with E-state index in [2.05, 4.69) is 26.6 Å². The third-order valence-corrected chi connectivity index (χ3v) is 6.84. The van der Waals surface area contributed by atoms with Crippen LogP contribution in [0.15, 0.2) is 40.9 Å². The number of halogens is 9. The fraction of sp³-hybridized carbons (Fsp3) is 0.333. The molecular formula is C24H21BrCl3F5N2O2. The number of allylic oxidation sites excluding steroid dienone is 1. The van der Waals surface area contributed by atoms with Crippen molar-refractivity contribution in [2.45, 2.75) is 44.3 Å². The third-order valence-electron chi connectivity index (χ3n) is 4.99.